The van der Waals surface area contributed by atoms with Crippen LogP contribution < -0.4 is 6.15 Å². The van der Waals surface area contributed by atoms with Crippen LogP contribution in [0.1, 0.15) is 118 Å². The van der Waals surface area contributed by atoms with Crippen LogP contribution in [-0.2, 0) is 14.3 Å². The van der Waals surface area contributed by atoms with Crippen molar-refractivity contribution >= 4 is 10.1 Å². The van der Waals surface area contributed by atoms with Crippen molar-refractivity contribution in [3.8, 4) is 0 Å². The van der Waals surface area contributed by atoms with E-state index in [-0.39, 0.29) is 6.15 Å². The summed E-state index contributed by atoms with van der Waals surface area (Å²) in [6.07, 6.45) is 18.2. The Balaban J connectivity index is 0. The van der Waals surface area contributed by atoms with Crippen molar-refractivity contribution in [3.63, 3.8) is 0 Å². The molecule has 0 saturated carbocycles. The molecule has 0 heterocycles. The molecule has 0 aromatic rings. The van der Waals surface area contributed by atoms with Crippen LogP contribution in [0.2, 0.25) is 0 Å². The molecule has 0 rings (SSSR count). The van der Waals surface area contributed by atoms with Gasteiger partial charge in [-0.25, -0.2) is 0 Å². The number of hydrogen-bond acceptors (Lipinski definition) is 4. The Morgan fingerprint density at radius 1 is 0.640 bits per heavy atom. The van der Waals surface area contributed by atoms with Crippen molar-refractivity contribution in [1.82, 2.24) is 6.15 Å². The Labute approximate surface area is 158 Å². The van der Waals surface area contributed by atoms with Crippen molar-refractivity contribution in [2.24, 2.45) is 0 Å². The monoisotopic (exact) mass is 379 g/mol. The largest absolute Gasteiger partial charge is 0.344 e. The van der Waals surface area contributed by atoms with Gasteiger partial charge < -0.3 is 6.15 Å². The molecule has 0 aliphatic rings. The van der Waals surface area contributed by atoms with Crippen LogP contribution in [-0.4, -0.2) is 19.8 Å². The summed E-state index contributed by atoms with van der Waals surface area (Å²) in [5, 5.41) is 0. The smallest absolute Gasteiger partial charge is 0.272 e. The van der Waals surface area contributed by atoms with Gasteiger partial charge in [0.15, 0.2) is 0 Å². The summed E-state index contributed by atoms with van der Waals surface area (Å²) in [7, 11) is -3.42. The third-order valence-corrected chi connectivity index (χ3v) is 6.46. The maximum absolute atomic E-state index is 11.8. The van der Waals surface area contributed by atoms with Gasteiger partial charge in [0.25, 0.3) is 10.1 Å². The van der Waals surface area contributed by atoms with E-state index < -0.39 is 14.9 Å². The van der Waals surface area contributed by atoms with Crippen molar-refractivity contribution in [1.29, 1.82) is 0 Å². The van der Waals surface area contributed by atoms with Gasteiger partial charge in [0.1, 0.15) is 0 Å². The first kappa shape index (κ1) is 27.1. The van der Waals surface area contributed by atoms with Crippen LogP contribution in [0.3, 0.4) is 0 Å². The molecule has 0 bridgehead atoms. The summed E-state index contributed by atoms with van der Waals surface area (Å²) < 4.78 is 27.8. The Morgan fingerprint density at radius 3 is 1.28 bits per heavy atom. The van der Waals surface area contributed by atoms with Gasteiger partial charge in [-0.3, -0.25) is 4.18 Å². The number of unbranched alkanes of at least 4 members (excludes halogenated alkanes) is 13. The fourth-order valence-corrected chi connectivity index (χ4v) is 3.33. The van der Waals surface area contributed by atoms with E-state index in [1.165, 1.54) is 77.0 Å². The molecule has 0 aliphatic heterocycles. The topological polar surface area (TPSA) is 78.4 Å². The third-order valence-electron chi connectivity index (χ3n) is 4.49. The van der Waals surface area contributed by atoms with E-state index in [0.717, 1.165) is 12.8 Å². The molecule has 0 fully saturated rings. The standard InChI is InChI=1S/C20H42O3S.H3N/c1-5-6-7-8-9-10-11-12-13-14-15-16-17-18-19-23-24(21,22)20(2,3)4;/h5-19H2,1-4H3;1H3. The summed E-state index contributed by atoms with van der Waals surface area (Å²) in [5.41, 5.74) is 0. The Hall–Kier alpha value is -0.130. The van der Waals surface area contributed by atoms with Crippen LogP contribution in [0.5, 0.6) is 0 Å². The first-order valence-corrected chi connectivity index (χ1v) is 11.6. The maximum Gasteiger partial charge on any atom is 0.272 e. The highest BCUT2D eigenvalue weighted by atomic mass is 32.2. The molecule has 0 spiro atoms. The summed E-state index contributed by atoms with van der Waals surface area (Å²) in [5.74, 6) is 0. The van der Waals surface area contributed by atoms with E-state index in [9.17, 15) is 8.42 Å². The molecule has 0 unspecified atom stereocenters. The second-order valence-corrected chi connectivity index (χ2v) is 10.4. The van der Waals surface area contributed by atoms with Gasteiger partial charge in [0.05, 0.1) is 11.4 Å². The van der Waals surface area contributed by atoms with E-state index in [4.69, 9.17) is 4.18 Å². The van der Waals surface area contributed by atoms with Crippen LogP contribution in [0.15, 0.2) is 0 Å². The van der Waals surface area contributed by atoms with E-state index in [1.807, 2.05) is 0 Å². The van der Waals surface area contributed by atoms with Crippen molar-refractivity contribution in [2.75, 3.05) is 6.61 Å². The first-order valence-electron chi connectivity index (χ1n) is 10.2. The van der Waals surface area contributed by atoms with Crippen LogP contribution in [0.25, 0.3) is 0 Å². The minimum Gasteiger partial charge on any atom is -0.344 e. The van der Waals surface area contributed by atoms with E-state index in [1.54, 1.807) is 20.8 Å². The fourth-order valence-electron chi connectivity index (χ4n) is 2.64. The molecule has 5 heteroatoms. The zero-order chi connectivity index (χ0) is 18.3. The normalized spacial score (nSPS) is 12.2. The quantitative estimate of drug-likeness (QED) is 0.237. The molecule has 4 nitrogen and oxygen atoms in total. The fraction of sp³-hybridized carbons (Fsp3) is 1.00. The van der Waals surface area contributed by atoms with Gasteiger partial charge in [-0.15, -0.1) is 0 Å². The lowest BCUT2D eigenvalue weighted by atomic mass is 10.0. The molecule has 0 saturated heterocycles. The van der Waals surface area contributed by atoms with E-state index in [0.29, 0.717) is 6.61 Å². The van der Waals surface area contributed by atoms with E-state index in [2.05, 4.69) is 6.92 Å². The highest BCUT2D eigenvalue weighted by Crippen LogP contribution is 2.18. The summed E-state index contributed by atoms with van der Waals surface area (Å²) >= 11 is 0. The second-order valence-electron chi connectivity index (χ2n) is 7.98. The average molecular weight is 380 g/mol. The SMILES string of the molecule is CCCCCCCCCCCCCCCCOS(=O)(=O)C(C)(C)C.N. The van der Waals surface area contributed by atoms with Gasteiger partial charge in [-0.2, -0.15) is 8.42 Å². The summed E-state index contributed by atoms with van der Waals surface area (Å²) in [6.45, 7) is 7.62. The van der Waals surface area contributed by atoms with Gasteiger partial charge in [0, 0.05) is 0 Å². The highest BCUT2D eigenvalue weighted by Gasteiger charge is 2.29. The number of hydrogen-bond donors (Lipinski definition) is 1. The molecule has 3 N–H and O–H groups in total. The lowest BCUT2D eigenvalue weighted by Crippen LogP contribution is -2.30. The third kappa shape index (κ3) is 15.8. The predicted molar refractivity (Wildman–Crippen MR) is 110 cm³/mol. The van der Waals surface area contributed by atoms with Crippen molar-refractivity contribution < 1.29 is 12.6 Å². The minimum atomic E-state index is -3.42. The molecule has 0 amide bonds. The molecule has 0 atom stereocenters. The molecule has 0 aliphatic carbocycles. The Kier molecular flexibility index (Phi) is 17.4. The first-order chi connectivity index (χ1) is 11.3. The molecule has 154 valence electrons. The van der Waals surface area contributed by atoms with Gasteiger partial charge in [-0.1, -0.05) is 90.4 Å². The minimum absolute atomic E-state index is 0. The Bertz CT molecular complexity index is 375. The lowest BCUT2D eigenvalue weighted by Gasteiger charge is -2.18. The van der Waals surface area contributed by atoms with Crippen LogP contribution >= 0.6 is 0 Å². The molecule has 0 aromatic carbocycles. The maximum atomic E-state index is 11.8. The van der Waals surface area contributed by atoms with Gasteiger partial charge in [-0.05, 0) is 27.2 Å². The van der Waals surface area contributed by atoms with Crippen molar-refractivity contribution in [2.45, 2.75) is 122 Å². The molecule has 0 aromatic heterocycles. The second kappa shape index (κ2) is 16.1. The average Bonchev–Trinajstić information content (AvgIpc) is 2.50. The Morgan fingerprint density at radius 2 is 0.960 bits per heavy atom. The molecular weight excluding hydrogens is 334 g/mol. The molecule has 0 radical (unpaired) electrons. The van der Waals surface area contributed by atoms with E-state index >= 15 is 0 Å². The summed E-state index contributed by atoms with van der Waals surface area (Å²) in [4.78, 5) is 0. The van der Waals surface area contributed by atoms with Crippen LogP contribution in [0.4, 0.5) is 0 Å². The van der Waals surface area contributed by atoms with Crippen molar-refractivity contribution in [3.05, 3.63) is 0 Å². The van der Waals surface area contributed by atoms with Crippen LogP contribution in [0, 0.1) is 0 Å². The van der Waals surface area contributed by atoms with Gasteiger partial charge in [0.2, 0.25) is 0 Å². The predicted octanol–water partition coefficient (Wildman–Crippen LogP) is 6.77. The zero-order valence-electron chi connectivity index (χ0n) is 17.4. The highest BCUT2D eigenvalue weighted by molar-refractivity contribution is 7.88. The molecular formula is C20H45NO3S. The summed E-state index contributed by atoms with van der Waals surface area (Å²) in [6, 6.07) is 0. The van der Waals surface area contributed by atoms with Gasteiger partial charge >= 0.3 is 0 Å². The molecule has 25 heavy (non-hydrogen) atoms. The number of rotatable bonds is 16. The zero-order valence-corrected chi connectivity index (χ0v) is 18.3. The lowest BCUT2D eigenvalue weighted by molar-refractivity contribution is 0.294.